The van der Waals surface area contributed by atoms with Crippen molar-refractivity contribution in [3.05, 3.63) is 72.8 Å². The number of benzene rings is 2. The summed E-state index contributed by atoms with van der Waals surface area (Å²) in [6.45, 7) is 23.8. The first-order valence-electron chi connectivity index (χ1n) is 20.0. The van der Waals surface area contributed by atoms with Crippen LogP contribution >= 0.6 is 0 Å². The Morgan fingerprint density at radius 1 is 0.580 bits per heavy atom. The molecule has 4 bridgehead atoms. The predicted molar refractivity (Wildman–Crippen MR) is 223 cm³/mol. The van der Waals surface area contributed by atoms with Crippen LogP contribution in [-0.4, -0.2) is 48.2 Å². The van der Waals surface area contributed by atoms with Gasteiger partial charge in [-0.05, 0) is 162 Å². The van der Waals surface area contributed by atoms with Gasteiger partial charge in [0.25, 0.3) is 0 Å². The van der Waals surface area contributed by atoms with Crippen LogP contribution in [0.25, 0.3) is 0 Å². The van der Waals surface area contributed by atoms with Crippen molar-refractivity contribution >= 4 is 52.4 Å². The lowest BCUT2D eigenvalue weighted by atomic mass is 9.86. The highest BCUT2D eigenvalue weighted by atomic mass is 28.5. The molecule has 0 aromatic heterocycles. The lowest BCUT2D eigenvalue weighted by Crippen LogP contribution is -2.61. The van der Waals surface area contributed by atoms with Gasteiger partial charge in [-0.3, -0.25) is 0 Å². The SMILES string of the molecule is CC(C)O[Si](C)(O[Si](C)(C)C1CC2CC1CC2CC[Si](C)(C)O[Si](C)(O[Si](C)(C)CCC1CC2C=CC1C2)c1ccccc1)c1ccccc1. The van der Waals surface area contributed by atoms with E-state index in [4.69, 9.17) is 16.8 Å². The van der Waals surface area contributed by atoms with Gasteiger partial charge in [-0.2, -0.15) is 0 Å². The minimum Gasteiger partial charge on any atom is -0.433 e. The highest BCUT2D eigenvalue weighted by Crippen LogP contribution is 2.59. The summed E-state index contributed by atoms with van der Waals surface area (Å²) in [7, 11) is -11.0. The fraction of sp³-hybridized carbons (Fsp3) is 0.659. The van der Waals surface area contributed by atoms with Crippen LogP contribution < -0.4 is 10.4 Å². The lowest BCUT2D eigenvalue weighted by Gasteiger charge is -2.44. The van der Waals surface area contributed by atoms with Crippen LogP contribution in [0.15, 0.2) is 72.8 Å². The van der Waals surface area contributed by atoms with Crippen molar-refractivity contribution in [2.45, 2.75) is 135 Å². The van der Waals surface area contributed by atoms with E-state index in [0.717, 1.165) is 41.0 Å². The summed E-state index contributed by atoms with van der Waals surface area (Å²) in [4.78, 5) is 0. The van der Waals surface area contributed by atoms with Crippen molar-refractivity contribution in [3.63, 3.8) is 0 Å². The van der Waals surface area contributed by atoms with Crippen molar-refractivity contribution in [1.82, 2.24) is 0 Å². The normalized spacial score (nSPS) is 30.3. The van der Waals surface area contributed by atoms with E-state index in [1.54, 1.807) is 0 Å². The zero-order valence-corrected chi connectivity index (χ0v) is 38.0. The molecule has 9 atom stereocenters. The van der Waals surface area contributed by atoms with E-state index in [-0.39, 0.29) is 6.10 Å². The van der Waals surface area contributed by atoms with Gasteiger partial charge in [0, 0.05) is 6.10 Å². The van der Waals surface area contributed by atoms with Gasteiger partial charge >= 0.3 is 17.1 Å². The Balaban J connectivity index is 1.06. The molecule has 0 amide bonds. The molecule has 0 radical (unpaired) electrons. The van der Waals surface area contributed by atoms with Gasteiger partial charge in [-0.15, -0.1) is 0 Å². The summed E-state index contributed by atoms with van der Waals surface area (Å²) in [6, 6.07) is 24.3. The maximum atomic E-state index is 7.47. The number of allylic oxidation sites excluding steroid dienone is 2. The molecule has 0 spiro atoms. The zero-order valence-electron chi connectivity index (χ0n) is 33.0. The van der Waals surface area contributed by atoms with Crippen molar-refractivity contribution in [2.75, 3.05) is 0 Å². The first kappa shape index (κ1) is 38.8. The standard InChI is InChI=1S/C41H68O4Si5/c1-32(2)42-49(9,39-17-13-11-14-18-39)45-48(7,8)41-31-37-30-38(41)29-36(37)24-26-47(5,6)44-50(10,40-19-15-12-16-20-40)43-46(3,4)25-23-35-28-33-21-22-34(35)27-33/h11-22,32-38,41H,23-31H2,1-10H3. The van der Waals surface area contributed by atoms with Crippen molar-refractivity contribution < 1.29 is 16.8 Å². The molecule has 6 rings (SSSR count). The van der Waals surface area contributed by atoms with Gasteiger partial charge in [0.05, 0.1) is 0 Å². The van der Waals surface area contributed by atoms with Crippen molar-refractivity contribution in [3.8, 4) is 0 Å². The topological polar surface area (TPSA) is 36.9 Å². The summed E-state index contributed by atoms with van der Waals surface area (Å²) in [5.74, 6) is 4.99. The van der Waals surface area contributed by atoms with E-state index >= 15 is 0 Å². The molecule has 276 valence electrons. The number of rotatable bonds is 17. The van der Waals surface area contributed by atoms with Crippen LogP contribution in [0, 0.1) is 35.5 Å². The van der Waals surface area contributed by atoms with Gasteiger partial charge < -0.3 is 16.8 Å². The number of hydrogen-bond donors (Lipinski definition) is 0. The maximum Gasteiger partial charge on any atom is 0.359 e. The Kier molecular flexibility index (Phi) is 11.7. The number of fused-ring (bicyclic) bond motifs is 4. The highest BCUT2D eigenvalue weighted by Gasteiger charge is 2.55. The molecule has 3 fully saturated rings. The first-order valence-corrected chi connectivity index (χ1v) is 33.9. The minimum atomic E-state index is -2.59. The second-order valence-corrected chi connectivity index (χ2v) is 38.5. The molecule has 2 aromatic rings. The van der Waals surface area contributed by atoms with Crippen LogP contribution in [0.2, 0.25) is 70.0 Å². The number of hydrogen-bond acceptors (Lipinski definition) is 4. The molecule has 4 aliphatic carbocycles. The van der Waals surface area contributed by atoms with Gasteiger partial charge in [0.2, 0.25) is 0 Å². The van der Waals surface area contributed by atoms with Gasteiger partial charge in [-0.1, -0.05) is 85.7 Å². The van der Waals surface area contributed by atoms with E-state index in [1.807, 2.05) is 0 Å². The molecule has 3 saturated carbocycles. The monoisotopic (exact) mass is 764 g/mol. The minimum absolute atomic E-state index is 0.158. The third kappa shape index (κ3) is 9.06. The summed E-state index contributed by atoms with van der Waals surface area (Å²) in [5.41, 5.74) is 0.723. The van der Waals surface area contributed by atoms with Crippen LogP contribution in [0.1, 0.15) is 58.8 Å². The summed E-state index contributed by atoms with van der Waals surface area (Å²) in [6.07, 6.45) is 14.7. The van der Waals surface area contributed by atoms with Gasteiger partial charge in [-0.25, -0.2) is 0 Å². The Labute approximate surface area is 311 Å². The molecule has 4 aliphatic rings. The van der Waals surface area contributed by atoms with E-state index < -0.39 is 42.1 Å². The zero-order chi connectivity index (χ0) is 36.0. The smallest absolute Gasteiger partial charge is 0.359 e. The van der Waals surface area contributed by atoms with E-state index in [1.165, 1.54) is 67.4 Å². The van der Waals surface area contributed by atoms with Gasteiger partial charge in [0.1, 0.15) is 0 Å². The summed E-state index contributed by atoms with van der Waals surface area (Å²) in [5, 5.41) is 2.58. The molecular formula is C41H68O4Si5. The van der Waals surface area contributed by atoms with Crippen LogP contribution in [-0.2, 0) is 16.8 Å². The van der Waals surface area contributed by atoms with Crippen LogP contribution in [0.4, 0.5) is 0 Å². The molecule has 9 heteroatoms. The first-order chi connectivity index (χ1) is 23.5. The molecular weight excluding hydrogens is 697 g/mol. The third-order valence-electron chi connectivity index (χ3n) is 13.0. The van der Waals surface area contributed by atoms with Crippen LogP contribution in [0.3, 0.4) is 0 Å². The Morgan fingerprint density at radius 3 is 1.62 bits per heavy atom. The Morgan fingerprint density at radius 2 is 1.14 bits per heavy atom. The summed E-state index contributed by atoms with van der Waals surface area (Å²) < 4.78 is 28.9. The maximum absolute atomic E-state index is 7.47. The Hall–Kier alpha value is -0.896. The van der Waals surface area contributed by atoms with Crippen LogP contribution in [0.5, 0.6) is 0 Å². The molecule has 0 saturated heterocycles. The molecule has 0 heterocycles. The van der Waals surface area contributed by atoms with E-state index in [9.17, 15) is 0 Å². The quantitative estimate of drug-likeness (QED) is 0.119. The van der Waals surface area contributed by atoms with Gasteiger partial charge in [0.15, 0.2) is 25.0 Å². The molecule has 9 unspecified atom stereocenters. The third-order valence-corrected chi connectivity index (χ3v) is 33.4. The second-order valence-electron chi connectivity index (χ2n) is 18.9. The predicted octanol–water partition coefficient (Wildman–Crippen LogP) is 10.4. The second kappa shape index (κ2) is 15.1. The molecule has 50 heavy (non-hydrogen) atoms. The average molecular weight is 765 g/mol. The molecule has 4 nitrogen and oxygen atoms in total. The molecule has 0 aliphatic heterocycles. The van der Waals surface area contributed by atoms with E-state index in [0.29, 0.717) is 0 Å². The van der Waals surface area contributed by atoms with E-state index in [2.05, 4.69) is 139 Å². The van der Waals surface area contributed by atoms with Crippen molar-refractivity contribution in [2.24, 2.45) is 35.5 Å². The molecule has 2 aromatic carbocycles. The average Bonchev–Trinajstić information content (AvgIpc) is 3.85. The van der Waals surface area contributed by atoms with Crippen molar-refractivity contribution in [1.29, 1.82) is 0 Å². The molecule has 0 N–H and O–H groups in total. The largest absolute Gasteiger partial charge is 0.433 e. The lowest BCUT2D eigenvalue weighted by molar-refractivity contribution is 0.188. The summed E-state index contributed by atoms with van der Waals surface area (Å²) >= 11 is 0. The highest BCUT2D eigenvalue weighted by molar-refractivity contribution is 6.94. The Bertz CT molecular complexity index is 1450. The fourth-order valence-electron chi connectivity index (χ4n) is 10.8. The fourth-order valence-corrected chi connectivity index (χ4v) is 33.9.